The fourth-order valence-electron chi connectivity index (χ4n) is 2.24. The zero-order valence-electron chi connectivity index (χ0n) is 15.3. The number of hydrogen-bond donors (Lipinski definition) is 1. The number of ether oxygens (including phenoxy) is 2. The van der Waals surface area contributed by atoms with Crippen LogP contribution in [0, 0.1) is 5.82 Å². The van der Waals surface area contributed by atoms with Crippen molar-refractivity contribution in [2.24, 2.45) is 0 Å². The zero-order chi connectivity index (χ0) is 20.1. The van der Waals surface area contributed by atoms with Crippen molar-refractivity contribution in [2.75, 3.05) is 5.73 Å². The van der Waals surface area contributed by atoms with Crippen molar-refractivity contribution < 1.29 is 18.7 Å². The highest BCUT2D eigenvalue weighted by Crippen LogP contribution is 2.28. The maximum absolute atomic E-state index is 13.8. The molecule has 0 atom stereocenters. The van der Waals surface area contributed by atoms with Gasteiger partial charge in [-0.05, 0) is 36.8 Å². The van der Waals surface area contributed by atoms with Crippen molar-refractivity contribution in [1.82, 2.24) is 15.0 Å². The standard InChI is InChI=1S/C19H16ClFN4O3.ClH/c1-2-3-16(26)28-19-17(22)23-10-15(25-19)11-4-6-13(7-5-11)27-18-14(21)8-12(20)9-24-18;/h4-10H,2-3H2,1H3,(H2,22,23);1H. The number of carbonyl (C=O) groups is 1. The molecule has 0 radical (unpaired) electrons. The Morgan fingerprint density at radius 1 is 1.17 bits per heavy atom. The molecule has 2 aromatic heterocycles. The predicted octanol–water partition coefficient (Wildman–Crippen LogP) is 4.83. The molecular weight excluding hydrogens is 422 g/mol. The summed E-state index contributed by atoms with van der Waals surface area (Å²) in [5, 5.41) is 0.178. The lowest BCUT2D eigenvalue weighted by Gasteiger charge is -2.09. The monoisotopic (exact) mass is 438 g/mol. The highest BCUT2D eigenvalue weighted by atomic mass is 35.5. The normalized spacial score (nSPS) is 10.2. The number of anilines is 1. The molecule has 10 heteroatoms. The van der Waals surface area contributed by atoms with Crippen molar-refractivity contribution >= 4 is 35.8 Å². The van der Waals surface area contributed by atoms with E-state index in [1.54, 1.807) is 24.3 Å². The molecule has 0 aliphatic carbocycles. The van der Waals surface area contributed by atoms with E-state index in [2.05, 4.69) is 15.0 Å². The summed E-state index contributed by atoms with van der Waals surface area (Å²) in [5.74, 6) is -0.924. The van der Waals surface area contributed by atoms with Gasteiger partial charge in [-0.3, -0.25) is 4.79 Å². The van der Waals surface area contributed by atoms with Gasteiger partial charge in [0.25, 0.3) is 11.8 Å². The first-order valence-corrected chi connectivity index (χ1v) is 8.76. The minimum atomic E-state index is -0.667. The Kier molecular flexibility index (Phi) is 7.69. The summed E-state index contributed by atoms with van der Waals surface area (Å²) in [6.07, 6.45) is 3.66. The van der Waals surface area contributed by atoms with Gasteiger partial charge in [0.15, 0.2) is 11.6 Å². The van der Waals surface area contributed by atoms with E-state index in [9.17, 15) is 9.18 Å². The van der Waals surface area contributed by atoms with Gasteiger partial charge in [0.2, 0.25) is 0 Å². The van der Waals surface area contributed by atoms with Crippen LogP contribution in [0.25, 0.3) is 11.3 Å². The summed E-state index contributed by atoms with van der Waals surface area (Å²) >= 11 is 5.67. The maximum Gasteiger partial charge on any atom is 0.312 e. The second kappa shape index (κ2) is 9.99. The molecule has 0 aliphatic rings. The largest absolute Gasteiger partial charge is 0.436 e. The van der Waals surface area contributed by atoms with Crippen LogP contribution in [0.4, 0.5) is 10.2 Å². The summed E-state index contributed by atoms with van der Waals surface area (Å²) in [6, 6.07) is 7.74. The highest BCUT2D eigenvalue weighted by molar-refractivity contribution is 6.30. The van der Waals surface area contributed by atoms with Crippen molar-refractivity contribution in [3.63, 3.8) is 0 Å². The number of benzene rings is 1. The molecule has 0 spiro atoms. The average Bonchev–Trinajstić information content (AvgIpc) is 2.67. The second-order valence-electron chi connectivity index (χ2n) is 5.74. The molecule has 0 aliphatic heterocycles. The third-order valence-electron chi connectivity index (χ3n) is 3.57. The zero-order valence-corrected chi connectivity index (χ0v) is 16.8. The molecule has 29 heavy (non-hydrogen) atoms. The molecule has 152 valence electrons. The van der Waals surface area contributed by atoms with Gasteiger partial charge in [0, 0.05) is 18.2 Å². The minimum absolute atomic E-state index is 0. The summed E-state index contributed by atoms with van der Waals surface area (Å²) in [4.78, 5) is 23.7. The quantitative estimate of drug-likeness (QED) is 0.549. The highest BCUT2D eigenvalue weighted by Gasteiger charge is 2.13. The van der Waals surface area contributed by atoms with Gasteiger partial charge >= 0.3 is 5.97 Å². The molecular formula is C19H17Cl2FN4O3. The van der Waals surface area contributed by atoms with Crippen molar-refractivity contribution in [1.29, 1.82) is 0 Å². The number of aromatic nitrogens is 3. The minimum Gasteiger partial charge on any atom is -0.436 e. The number of nitrogens with two attached hydrogens (primary N) is 1. The first kappa shape index (κ1) is 22.3. The fourth-order valence-corrected chi connectivity index (χ4v) is 2.39. The van der Waals surface area contributed by atoms with E-state index in [4.69, 9.17) is 26.8 Å². The Hall–Kier alpha value is -2.97. The third kappa shape index (κ3) is 5.75. The molecule has 0 bridgehead atoms. The number of hydrogen-bond acceptors (Lipinski definition) is 7. The molecule has 0 amide bonds. The summed E-state index contributed by atoms with van der Waals surface area (Å²) in [7, 11) is 0. The molecule has 3 rings (SSSR count). The molecule has 0 saturated carbocycles. The third-order valence-corrected chi connectivity index (χ3v) is 3.78. The molecule has 0 fully saturated rings. The van der Waals surface area contributed by atoms with Gasteiger partial charge in [0.05, 0.1) is 16.9 Å². The fraction of sp³-hybridized carbons (Fsp3) is 0.158. The topological polar surface area (TPSA) is 100 Å². The summed E-state index contributed by atoms with van der Waals surface area (Å²) in [5.41, 5.74) is 6.86. The van der Waals surface area contributed by atoms with E-state index in [-0.39, 0.29) is 41.4 Å². The van der Waals surface area contributed by atoms with E-state index >= 15 is 0 Å². The Morgan fingerprint density at radius 2 is 1.90 bits per heavy atom. The SMILES string of the molecule is CCCC(=O)Oc1nc(-c2ccc(Oc3ncc(Cl)cc3F)cc2)cnc1N.Cl. The Bertz CT molecular complexity index is 1000. The van der Waals surface area contributed by atoms with Crippen molar-refractivity contribution in [3.8, 4) is 28.8 Å². The first-order valence-electron chi connectivity index (χ1n) is 8.38. The maximum atomic E-state index is 13.8. The van der Waals surface area contributed by atoms with E-state index in [1.165, 1.54) is 12.4 Å². The van der Waals surface area contributed by atoms with E-state index in [0.29, 0.717) is 23.4 Å². The van der Waals surface area contributed by atoms with Gasteiger partial charge in [-0.1, -0.05) is 18.5 Å². The molecule has 2 heterocycles. The molecule has 0 saturated heterocycles. The van der Waals surface area contributed by atoms with Crippen LogP contribution in [0.15, 0.2) is 42.7 Å². The lowest BCUT2D eigenvalue weighted by Crippen LogP contribution is -2.11. The molecule has 7 nitrogen and oxygen atoms in total. The summed E-state index contributed by atoms with van der Waals surface area (Å²) < 4.78 is 24.3. The second-order valence-corrected chi connectivity index (χ2v) is 6.17. The van der Waals surface area contributed by atoms with Crippen LogP contribution in [-0.4, -0.2) is 20.9 Å². The van der Waals surface area contributed by atoms with Crippen molar-refractivity contribution in [2.45, 2.75) is 19.8 Å². The molecule has 2 N–H and O–H groups in total. The lowest BCUT2D eigenvalue weighted by atomic mass is 10.1. The van der Waals surface area contributed by atoms with Gasteiger partial charge in [-0.2, -0.15) is 0 Å². The number of carbonyl (C=O) groups excluding carboxylic acids is 1. The van der Waals surface area contributed by atoms with Gasteiger partial charge < -0.3 is 15.2 Å². The average molecular weight is 439 g/mol. The van der Waals surface area contributed by atoms with Crippen LogP contribution in [-0.2, 0) is 4.79 Å². The van der Waals surface area contributed by atoms with Crippen LogP contribution >= 0.6 is 24.0 Å². The number of halogens is 3. The van der Waals surface area contributed by atoms with E-state index in [0.717, 1.165) is 6.07 Å². The number of pyridine rings is 1. The molecule has 1 aromatic carbocycles. The predicted molar refractivity (Wildman–Crippen MR) is 109 cm³/mol. The Labute approximate surface area is 177 Å². The van der Waals surface area contributed by atoms with E-state index < -0.39 is 11.8 Å². The number of esters is 1. The molecule has 0 unspecified atom stereocenters. The summed E-state index contributed by atoms with van der Waals surface area (Å²) in [6.45, 7) is 1.86. The number of nitrogens with zero attached hydrogens (tertiary/aromatic N) is 3. The van der Waals surface area contributed by atoms with Gasteiger partial charge in [0.1, 0.15) is 5.75 Å². The van der Waals surface area contributed by atoms with Crippen LogP contribution in [0.5, 0.6) is 17.5 Å². The lowest BCUT2D eigenvalue weighted by molar-refractivity contribution is -0.134. The van der Waals surface area contributed by atoms with E-state index in [1.807, 2.05) is 6.92 Å². The Balaban J connectivity index is 0.00000300. The van der Waals surface area contributed by atoms with Crippen LogP contribution < -0.4 is 15.2 Å². The van der Waals surface area contributed by atoms with Crippen LogP contribution in [0.3, 0.4) is 0 Å². The van der Waals surface area contributed by atoms with Gasteiger partial charge in [-0.25, -0.2) is 19.3 Å². The van der Waals surface area contributed by atoms with Crippen molar-refractivity contribution in [3.05, 3.63) is 53.6 Å². The Morgan fingerprint density at radius 3 is 2.55 bits per heavy atom. The molecule has 3 aromatic rings. The smallest absolute Gasteiger partial charge is 0.312 e. The number of nitrogen functional groups attached to an aromatic ring is 1. The van der Waals surface area contributed by atoms with Gasteiger partial charge in [-0.15, -0.1) is 12.4 Å². The van der Waals surface area contributed by atoms with Crippen LogP contribution in [0.2, 0.25) is 5.02 Å². The number of rotatable bonds is 6. The van der Waals surface area contributed by atoms with Crippen LogP contribution in [0.1, 0.15) is 19.8 Å². The first-order chi connectivity index (χ1) is 13.5.